The van der Waals surface area contributed by atoms with Crippen molar-refractivity contribution in [1.29, 1.82) is 5.26 Å². The molecule has 0 spiro atoms. The molecule has 1 amide bonds. The minimum absolute atomic E-state index is 0.116. The molecule has 0 atom stereocenters. The Kier molecular flexibility index (Phi) is 3.40. The van der Waals surface area contributed by atoms with Crippen molar-refractivity contribution in [2.24, 2.45) is 0 Å². The minimum atomic E-state index is -0.165. The first-order valence-corrected chi connectivity index (χ1v) is 4.70. The molecule has 0 aromatic carbocycles. The highest BCUT2D eigenvalue weighted by Crippen LogP contribution is 2.04. The fraction of sp³-hybridized carbons (Fsp3) is 0.364. The molecule has 0 aliphatic rings. The Hall–Kier alpha value is -1.89. The number of pyridine rings is 1. The van der Waals surface area contributed by atoms with Crippen molar-refractivity contribution in [3.8, 4) is 6.07 Å². The van der Waals surface area contributed by atoms with Crippen LogP contribution in [0.5, 0.6) is 0 Å². The fourth-order valence-corrected chi connectivity index (χ4v) is 1.03. The van der Waals surface area contributed by atoms with Crippen molar-refractivity contribution in [3.05, 3.63) is 29.6 Å². The Morgan fingerprint density at radius 2 is 2.20 bits per heavy atom. The lowest BCUT2D eigenvalue weighted by atomic mass is 10.2. The SMILES string of the molecule is CC(C)N(C)C(=O)c1cccc(C#N)n1. The molecule has 4 nitrogen and oxygen atoms in total. The molecule has 0 aliphatic carbocycles. The number of nitrogens with zero attached hydrogens (tertiary/aromatic N) is 3. The van der Waals surface area contributed by atoms with Crippen molar-refractivity contribution in [3.63, 3.8) is 0 Å². The van der Waals surface area contributed by atoms with E-state index in [1.807, 2.05) is 19.9 Å². The second-order valence-electron chi connectivity index (χ2n) is 3.53. The lowest BCUT2D eigenvalue weighted by Crippen LogP contribution is -2.33. The molecule has 0 aliphatic heterocycles. The van der Waals surface area contributed by atoms with Crippen LogP contribution < -0.4 is 0 Å². The van der Waals surface area contributed by atoms with Crippen molar-refractivity contribution >= 4 is 5.91 Å². The molecule has 0 bridgehead atoms. The number of carbonyl (C=O) groups is 1. The zero-order valence-electron chi connectivity index (χ0n) is 9.06. The number of hydrogen-bond donors (Lipinski definition) is 0. The molecule has 0 unspecified atom stereocenters. The van der Waals surface area contributed by atoms with E-state index in [9.17, 15) is 4.79 Å². The van der Waals surface area contributed by atoms with Crippen LogP contribution in [0.25, 0.3) is 0 Å². The van der Waals surface area contributed by atoms with E-state index in [4.69, 9.17) is 5.26 Å². The number of amides is 1. The van der Waals surface area contributed by atoms with E-state index in [-0.39, 0.29) is 17.6 Å². The Labute approximate surface area is 89.2 Å². The summed E-state index contributed by atoms with van der Waals surface area (Å²) in [5.74, 6) is -0.165. The summed E-state index contributed by atoms with van der Waals surface area (Å²) in [7, 11) is 1.72. The fourth-order valence-electron chi connectivity index (χ4n) is 1.03. The summed E-state index contributed by atoms with van der Waals surface area (Å²) in [6, 6.07) is 6.87. The number of rotatable bonds is 2. The first-order valence-electron chi connectivity index (χ1n) is 4.70. The van der Waals surface area contributed by atoms with Gasteiger partial charge in [0.25, 0.3) is 5.91 Å². The number of hydrogen-bond acceptors (Lipinski definition) is 3. The lowest BCUT2D eigenvalue weighted by Gasteiger charge is -2.20. The predicted octanol–water partition coefficient (Wildman–Crippen LogP) is 1.43. The highest BCUT2D eigenvalue weighted by Gasteiger charge is 2.15. The van der Waals surface area contributed by atoms with Crippen molar-refractivity contribution < 1.29 is 4.79 Å². The van der Waals surface area contributed by atoms with Crippen LogP contribution >= 0.6 is 0 Å². The van der Waals surface area contributed by atoms with E-state index < -0.39 is 0 Å². The van der Waals surface area contributed by atoms with Crippen LogP contribution in [0.4, 0.5) is 0 Å². The molecular weight excluding hydrogens is 190 g/mol. The predicted molar refractivity (Wildman–Crippen MR) is 56.2 cm³/mol. The van der Waals surface area contributed by atoms with Gasteiger partial charge in [0.2, 0.25) is 0 Å². The van der Waals surface area contributed by atoms with Crippen LogP contribution in [0.2, 0.25) is 0 Å². The molecular formula is C11H13N3O. The lowest BCUT2D eigenvalue weighted by molar-refractivity contribution is 0.0749. The van der Waals surface area contributed by atoms with Crippen LogP contribution in [0, 0.1) is 11.3 Å². The molecule has 15 heavy (non-hydrogen) atoms. The zero-order chi connectivity index (χ0) is 11.4. The quantitative estimate of drug-likeness (QED) is 0.730. The van der Waals surface area contributed by atoms with Gasteiger partial charge in [0, 0.05) is 13.1 Å². The molecule has 1 aromatic rings. The zero-order valence-corrected chi connectivity index (χ0v) is 9.06. The van der Waals surface area contributed by atoms with Gasteiger partial charge in [0.15, 0.2) is 0 Å². The van der Waals surface area contributed by atoms with Gasteiger partial charge >= 0.3 is 0 Å². The van der Waals surface area contributed by atoms with Crippen LogP contribution in [0.1, 0.15) is 30.0 Å². The van der Waals surface area contributed by atoms with Gasteiger partial charge < -0.3 is 4.90 Å². The van der Waals surface area contributed by atoms with Gasteiger partial charge in [-0.1, -0.05) is 6.07 Å². The largest absolute Gasteiger partial charge is 0.338 e. The molecule has 1 heterocycles. The van der Waals surface area contributed by atoms with Gasteiger partial charge in [0.1, 0.15) is 17.5 Å². The van der Waals surface area contributed by atoms with Crippen LogP contribution in [0.3, 0.4) is 0 Å². The summed E-state index contributed by atoms with van der Waals surface area (Å²) in [4.78, 5) is 17.3. The van der Waals surface area contributed by atoms with Crippen molar-refractivity contribution in [2.45, 2.75) is 19.9 Å². The van der Waals surface area contributed by atoms with Gasteiger partial charge in [-0.3, -0.25) is 4.79 Å². The summed E-state index contributed by atoms with van der Waals surface area (Å²) in [5, 5.41) is 8.65. The highest BCUT2D eigenvalue weighted by molar-refractivity contribution is 5.92. The first kappa shape index (κ1) is 11.2. The smallest absolute Gasteiger partial charge is 0.272 e. The Bertz CT molecular complexity index is 407. The second kappa shape index (κ2) is 4.56. The molecule has 78 valence electrons. The standard InChI is InChI=1S/C11H13N3O/c1-8(2)14(3)11(15)10-6-4-5-9(7-12)13-10/h4-6,8H,1-3H3. The summed E-state index contributed by atoms with van der Waals surface area (Å²) in [6.07, 6.45) is 0. The van der Waals surface area contributed by atoms with Gasteiger partial charge in [-0.2, -0.15) is 5.26 Å². The molecule has 0 radical (unpaired) electrons. The van der Waals surface area contributed by atoms with E-state index in [1.165, 1.54) is 0 Å². The summed E-state index contributed by atoms with van der Waals surface area (Å²) >= 11 is 0. The summed E-state index contributed by atoms with van der Waals surface area (Å²) < 4.78 is 0. The summed E-state index contributed by atoms with van der Waals surface area (Å²) in [5.41, 5.74) is 0.572. The molecule has 1 aromatic heterocycles. The topological polar surface area (TPSA) is 57.0 Å². The normalized spacial score (nSPS) is 9.80. The van der Waals surface area contributed by atoms with E-state index >= 15 is 0 Å². The molecule has 0 saturated carbocycles. The minimum Gasteiger partial charge on any atom is -0.338 e. The average Bonchev–Trinajstić information content (AvgIpc) is 2.27. The Balaban J connectivity index is 2.97. The number of carbonyl (C=O) groups excluding carboxylic acids is 1. The van der Waals surface area contributed by atoms with Crippen molar-refractivity contribution in [1.82, 2.24) is 9.88 Å². The first-order chi connectivity index (χ1) is 7.06. The van der Waals surface area contributed by atoms with Crippen LogP contribution in [-0.2, 0) is 0 Å². The highest BCUT2D eigenvalue weighted by atomic mass is 16.2. The van der Waals surface area contributed by atoms with E-state index in [0.29, 0.717) is 5.69 Å². The molecule has 0 fully saturated rings. The van der Waals surface area contributed by atoms with Gasteiger partial charge in [-0.25, -0.2) is 4.98 Å². The van der Waals surface area contributed by atoms with E-state index in [0.717, 1.165) is 0 Å². The van der Waals surface area contributed by atoms with Crippen LogP contribution in [0.15, 0.2) is 18.2 Å². The summed E-state index contributed by atoms with van der Waals surface area (Å²) in [6.45, 7) is 3.85. The van der Waals surface area contributed by atoms with E-state index in [1.54, 1.807) is 30.1 Å². The monoisotopic (exact) mass is 203 g/mol. The third kappa shape index (κ3) is 2.53. The maximum absolute atomic E-state index is 11.8. The number of nitriles is 1. The third-order valence-corrected chi connectivity index (χ3v) is 2.18. The number of aromatic nitrogens is 1. The molecule has 0 saturated heterocycles. The second-order valence-corrected chi connectivity index (χ2v) is 3.53. The Morgan fingerprint density at radius 1 is 1.53 bits per heavy atom. The van der Waals surface area contributed by atoms with Gasteiger partial charge in [0.05, 0.1) is 0 Å². The average molecular weight is 203 g/mol. The van der Waals surface area contributed by atoms with E-state index in [2.05, 4.69) is 4.98 Å². The molecule has 0 N–H and O–H groups in total. The van der Waals surface area contributed by atoms with Crippen LogP contribution in [-0.4, -0.2) is 28.9 Å². The van der Waals surface area contributed by atoms with Gasteiger partial charge in [-0.15, -0.1) is 0 Å². The molecule has 1 rings (SSSR count). The van der Waals surface area contributed by atoms with Crippen molar-refractivity contribution in [2.75, 3.05) is 7.05 Å². The molecule has 4 heteroatoms. The maximum Gasteiger partial charge on any atom is 0.272 e. The Morgan fingerprint density at radius 3 is 2.73 bits per heavy atom. The van der Waals surface area contributed by atoms with Gasteiger partial charge in [-0.05, 0) is 26.0 Å². The third-order valence-electron chi connectivity index (χ3n) is 2.18. The maximum atomic E-state index is 11.8.